The molecule has 3 aromatic rings. The molecule has 0 bridgehead atoms. The number of ether oxygens (including phenoxy) is 1. The molecule has 1 heterocycles. The van der Waals surface area contributed by atoms with Crippen molar-refractivity contribution in [3.05, 3.63) is 84.7 Å². The molecule has 6 nitrogen and oxygen atoms in total. The van der Waals surface area contributed by atoms with Gasteiger partial charge in [-0.1, -0.05) is 24.3 Å². The Hall–Kier alpha value is -3.67. The van der Waals surface area contributed by atoms with Crippen LogP contribution in [0.4, 0.5) is 5.69 Å². The van der Waals surface area contributed by atoms with Gasteiger partial charge in [0.2, 0.25) is 0 Å². The summed E-state index contributed by atoms with van der Waals surface area (Å²) in [4.78, 5) is 15.8. The zero-order chi connectivity index (χ0) is 18.0. The Labute approximate surface area is 151 Å². The molecule has 0 aliphatic heterocycles. The molecule has 6 heteroatoms. The average Bonchev–Trinajstić information content (AvgIpc) is 2.68. The molecule has 0 radical (unpaired) electrons. The molecule has 1 aromatic heterocycles. The molecule has 0 aliphatic rings. The van der Waals surface area contributed by atoms with Crippen molar-refractivity contribution < 1.29 is 9.53 Å². The molecule has 0 spiro atoms. The molecule has 26 heavy (non-hydrogen) atoms. The summed E-state index contributed by atoms with van der Waals surface area (Å²) in [5.41, 5.74) is 4.12. The fourth-order valence-electron chi connectivity index (χ4n) is 2.14. The van der Waals surface area contributed by atoms with Crippen LogP contribution >= 0.6 is 0 Å². The van der Waals surface area contributed by atoms with Crippen molar-refractivity contribution in [3.8, 4) is 11.5 Å². The number of carbonyl (C=O) groups is 1. The number of hydrogen-bond acceptors (Lipinski definition) is 5. The fraction of sp³-hybridized carbons (Fsp3) is 0.0500. The number of para-hydroxylation sites is 1. The van der Waals surface area contributed by atoms with Crippen LogP contribution in [-0.4, -0.2) is 23.7 Å². The summed E-state index contributed by atoms with van der Waals surface area (Å²) < 4.78 is 5.77. The van der Waals surface area contributed by atoms with Gasteiger partial charge in [-0.05, 0) is 42.0 Å². The van der Waals surface area contributed by atoms with Gasteiger partial charge in [-0.15, -0.1) is 0 Å². The first kappa shape index (κ1) is 17.2. The van der Waals surface area contributed by atoms with Crippen molar-refractivity contribution in [3.63, 3.8) is 0 Å². The predicted octanol–water partition coefficient (Wildman–Crippen LogP) is 3.44. The Bertz CT molecular complexity index is 867. The molecule has 1 amide bonds. The van der Waals surface area contributed by atoms with E-state index in [-0.39, 0.29) is 12.5 Å². The minimum absolute atomic E-state index is 0.0997. The molecule has 3 rings (SSSR count). The minimum Gasteiger partial charge on any atom is -0.457 e. The van der Waals surface area contributed by atoms with Crippen molar-refractivity contribution in [1.82, 2.24) is 10.4 Å². The number of carbonyl (C=O) groups excluding carboxylic acids is 1. The van der Waals surface area contributed by atoms with Gasteiger partial charge in [0.1, 0.15) is 11.5 Å². The molecule has 0 saturated heterocycles. The third-order valence-corrected chi connectivity index (χ3v) is 3.37. The first-order chi connectivity index (χ1) is 12.8. The molecule has 2 aromatic carbocycles. The van der Waals surface area contributed by atoms with E-state index in [0.29, 0.717) is 5.75 Å². The normalized spacial score (nSPS) is 10.5. The number of amides is 1. The van der Waals surface area contributed by atoms with Crippen LogP contribution in [0.5, 0.6) is 11.5 Å². The number of pyridine rings is 1. The summed E-state index contributed by atoms with van der Waals surface area (Å²) in [6, 6.07) is 20.5. The van der Waals surface area contributed by atoms with E-state index in [1.165, 1.54) is 0 Å². The summed E-state index contributed by atoms with van der Waals surface area (Å²) in [6.07, 6.45) is 4.89. The van der Waals surface area contributed by atoms with Crippen molar-refractivity contribution in [2.24, 2.45) is 5.10 Å². The van der Waals surface area contributed by atoms with Gasteiger partial charge in [-0.25, -0.2) is 5.43 Å². The molecule has 0 aliphatic carbocycles. The Morgan fingerprint density at radius 3 is 2.58 bits per heavy atom. The number of nitrogens with one attached hydrogen (secondary N) is 2. The van der Waals surface area contributed by atoms with Crippen LogP contribution in [0, 0.1) is 0 Å². The highest BCUT2D eigenvalue weighted by Crippen LogP contribution is 2.23. The lowest BCUT2D eigenvalue weighted by Gasteiger charge is -2.09. The Kier molecular flexibility index (Phi) is 5.93. The molecule has 0 unspecified atom stereocenters. The summed E-state index contributed by atoms with van der Waals surface area (Å²) in [5.74, 6) is 1.20. The molecule has 0 fully saturated rings. The fourth-order valence-corrected chi connectivity index (χ4v) is 2.14. The summed E-state index contributed by atoms with van der Waals surface area (Å²) in [7, 11) is 0. The van der Waals surface area contributed by atoms with Gasteiger partial charge in [0.25, 0.3) is 5.91 Å². The van der Waals surface area contributed by atoms with Crippen molar-refractivity contribution in [2.75, 3.05) is 11.9 Å². The zero-order valence-corrected chi connectivity index (χ0v) is 14.0. The second-order valence-electron chi connectivity index (χ2n) is 5.37. The van der Waals surface area contributed by atoms with Crippen molar-refractivity contribution in [2.45, 2.75) is 0 Å². The monoisotopic (exact) mass is 346 g/mol. The number of aromatic nitrogens is 1. The van der Waals surface area contributed by atoms with E-state index in [9.17, 15) is 4.79 Å². The van der Waals surface area contributed by atoms with Gasteiger partial charge in [0.15, 0.2) is 0 Å². The summed E-state index contributed by atoms with van der Waals surface area (Å²) in [6.45, 7) is 0.0997. The van der Waals surface area contributed by atoms with Gasteiger partial charge < -0.3 is 10.1 Å². The Morgan fingerprint density at radius 1 is 1.00 bits per heavy atom. The smallest absolute Gasteiger partial charge is 0.259 e. The first-order valence-corrected chi connectivity index (χ1v) is 8.08. The summed E-state index contributed by atoms with van der Waals surface area (Å²) >= 11 is 0. The van der Waals surface area contributed by atoms with Crippen LogP contribution in [0.15, 0.2) is 84.2 Å². The Balaban J connectivity index is 1.49. The number of hydrazone groups is 1. The maximum atomic E-state index is 11.9. The van der Waals surface area contributed by atoms with Gasteiger partial charge in [-0.2, -0.15) is 5.10 Å². The molecule has 2 N–H and O–H groups in total. The molecular weight excluding hydrogens is 328 g/mol. The predicted molar refractivity (Wildman–Crippen MR) is 101 cm³/mol. The maximum Gasteiger partial charge on any atom is 0.259 e. The van der Waals surface area contributed by atoms with Gasteiger partial charge >= 0.3 is 0 Å². The molecule has 0 atom stereocenters. The average molecular weight is 346 g/mol. The van der Waals surface area contributed by atoms with Crippen LogP contribution in [0.1, 0.15) is 5.56 Å². The lowest BCUT2D eigenvalue weighted by molar-refractivity contribution is -0.119. The van der Waals surface area contributed by atoms with Crippen LogP contribution in [0.3, 0.4) is 0 Å². The number of rotatable bonds is 7. The van der Waals surface area contributed by atoms with Crippen molar-refractivity contribution in [1.29, 1.82) is 0 Å². The first-order valence-electron chi connectivity index (χ1n) is 8.08. The molecule has 130 valence electrons. The topological polar surface area (TPSA) is 75.6 Å². The lowest BCUT2D eigenvalue weighted by atomic mass is 10.3. The molecular formula is C20H18N4O2. The number of nitrogens with zero attached hydrogens (tertiary/aromatic N) is 2. The Morgan fingerprint density at radius 2 is 1.77 bits per heavy atom. The minimum atomic E-state index is -0.246. The van der Waals surface area contributed by atoms with E-state index >= 15 is 0 Å². The highest BCUT2D eigenvalue weighted by molar-refractivity contribution is 5.84. The summed E-state index contributed by atoms with van der Waals surface area (Å²) in [5, 5.41) is 6.95. The quantitative estimate of drug-likeness (QED) is 0.508. The lowest BCUT2D eigenvalue weighted by Crippen LogP contribution is -2.25. The van der Waals surface area contributed by atoms with Gasteiger partial charge in [-0.3, -0.25) is 9.78 Å². The van der Waals surface area contributed by atoms with E-state index in [1.807, 2.05) is 54.6 Å². The second kappa shape index (κ2) is 8.98. The SMILES string of the molecule is O=C(CNc1cccc(Oc2ccccc2)c1)N/N=C/c1ccncc1. The van der Waals surface area contributed by atoms with Crippen LogP contribution in [-0.2, 0) is 4.79 Å². The number of benzene rings is 2. The number of anilines is 1. The highest BCUT2D eigenvalue weighted by atomic mass is 16.5. The largest absolute Gasteiger partial charge is 0.457 e. The third kappa shape index (κ3) is 5.45. The van der Waals surface area contributed by atoms with Crippen LogP contribution < -0.4 is 15.5 Å². The maximum absolute atomic E-state index is 11.9. The van der Waals surface area contributed by atoms with Crippen LogP contribution in [0.2, 0.25) is 0 Å². The molecule has 0 saturated carbocycles. The highest BCUT2D eigenvalue weighted by Gasteiger charge is 2.02. The van der Waals surface area contributed by atoms with Crippen molar-refractivity contribution >= 4 is 17.8 Å². The van der Waals surface area contributed by atoms with E-state index in [4.69, 9.17) is 4.74 Å². The van der Waals surface area contributed by atoms with Gasteiger partial charge in [0.05, 0.1) is 12.8 Å². The van der Waals surface area contributed by atoms with E-state index in [2.05, 4.69) is 20.8 Å². The van der Waals surface area contributed by atoms with E-state index < -0.39 is 0 Å². The van der Waals surface area contributed by atoms with E-state index in [1.54, 1.807) is 30.7 Å². The van der Waals surface area contributed by atoms with Crippen LogP contribution in [0.25, 0.3) is 0 Å². The zero-order valence-electron chi connectivity index (χ0n) is 14.0. The third-order valence-electron chi connectivity index (χ3n) is 3.37. The second-order valence-corrected chi connectivity index (χ2v) is 5.37. The standard InChI is InChI=1S/C20H18N4O2/c25-20(24-23-14-16-9-11-21-12-10-16)15-22-17-5-4-8-19(13-17)26-18-6-2-1-3-7-18/h1-14,22H,15H2,(H,24,25)/b23-14+. The number of hydrogen-bond donors (Lipinski definition) is 2. The van der Waals surface area contributed by atoms with Gasteiger partial charge in [0, 0.05) is 24.1 Å². The van der Waals surface area contributed by atoms with E-state index in [0.717, 1.165) is 17.0 Å².